The second kappa shape index (κ2) is 5.68. The summed E-state index contributed by atoms with van der Waals surface area (Å²) in [6.45, 7) is 9.44. The number of hydrogen-bond acceptors (Lipinski definition) is 3. The predicted octanol–water partition coefficient (Wildman–Crippen LogP) is 1.88. The topological polar surface area (TPSA) is 24.5 Å². The summed E-state index contributed by atoms with van der Waals surface area (Å²) < 4.78 is 5.49. The van der Waals surface area contributed by atoms with Crippen molar-refractivity contribution in [1.29, 1.82) is 0 Å². The molecular formula is C14H28N2O. The molecule has 0 radical (unpaired) electrons. The minimum absolute atomic E-state index is 0.373. The highest BCUT2D eigenvalue weighted by Gasteiger charge is 2.28. The average Bonchev–Trinajstić information content (AvgIpc) is 3.10. The van der Waals surface area contributed by atoms with Gasteiger partial charge in [0.05, 0.1) is 6.10 Å². The highest BCUT2D eigenvalue weighted by Crippen LogP contribution is 2.24. The molecule has 3 nitrogen and oxygen atoms in total. The molecule has 100 valence electrons. The highest BCUT2D eigenvalue weighted by molar-refractivity contribution is 4.86. The maximum absolute atomic E-state index is 5.49. The molecule has 3 heteroatoms. The molecule has 1 N–H and O–H groups in total. The Hall–Kier alpha value is -0.120. The van der Waals surface area contributed by atoms with Crippen LogP contribution in [0, 0.1) is 5.41 Å². The number of rotatable bonds is 6. The molecule has 1 unspecified atom stereocenters. The molecule has 0 aromatic heterocycles. The van der Waals surface area contributed by atoms with Crippen molar-refractivity contribution < 1.29 is 4.74 Å². The molecular weight excluding hydrogens is 212 g/mol. The molecule has 1 atom stereocenters. The molecule has 2 fully saturated rings. The zero-order chi connectivity index (χ0) is 12.3. The fourth-order valence-electron chi connectivity index (χ4n) is 2.72. The number of nitrogens with zero attached hydrogens (tertiary/aromatic N) is 1. The van der Waals surface area contributed by atoms with Crippen molar-refractivity contribution in [2.24, 2.45) is 5.41 Å². The number of likely N-dealkylation sites (tertiary alicyclic amines) is 1. The Labute approximate surface area is 106 Å². The van der Waals surface area contributed by atoms with Crippen molar-refractivity contribution in [2.45, 2.75) is 51.7 Å². The third kappa shape index (κ3) is 4.57. The Bertz CT molecular complexity index is 238. The molecule has 0 spiro atoms. The maximum Gasteiger partial charge on any atom is 0.0698 e. The summed E-state index contributed by atoms with van der Waals surface area (Å²) in [7, 11) is 1.84. The zero-order valence-electron chi connectivity index (χ0n) is 11.7. The van der Waals surface area contributed by atoms with E-state index in [0.29, 0.717) is 11.5 Å². The molecule has 0 aromatic carbocycles. The van der Waals surface area contributed by atoms with E-state index in [1.54, 1.807) is 0 Å². The summed E-state index contributed by atoms with van der Waals surface area (Å²) >= 11 is 0. The number of nitrogens with one attached hydrogen (secondary N) is 1. The van der Waals surface area contributed by atoms with Crippen LogP contribution in [0.5, 0.6) is 0 Å². The van der Waals surface area contributed by atoms with Crippen LogP contribution < -0.4 is 5.32 Å². The average molecular weight is 240 g/mol. The van der Waals surface area contributed by atoms with E-state index in [1.165, 1.54) is 38.8 Å². The van der Waals surface area contributed by atoms with Crippen molar-refractivity contribution in [3.05, 3.63) is 0 Å². The van der Waals surface area contributed by atoms with Gasteiger partial charge in [-0.2, -0.15) is 0 Å². The van der Waals surface area contributed by atoms with Gasteiger partial charge in [-0.3, -0.25) is 0 Å². The summed E-state index contributed by atoms with van der Waals surface area (Å²) in [5, 5.41) is 3.65. The SMILES string of the molecule is COC1CCCN(CC(C)(C)CNC2CC2)C1. The largest absolute Gasteiger partial charge is 0.380 e. The van der Waals surface area contributed by atoms with E-state index < -0.39 is 0 Å². The minimum atomic E-state index is 0.373. The standard InChI is InChI=1S/C14H28N2O/c1-14(2,10-15-12-6-7-12)11-16-8-4-5-13(9-16)17-3/h12-13,15H,4-11H2,1-3H3. The first-order chi connectivity index (χ1) is 8.09. The summed E-state index contributed by atoms with van der Waals surface area (Å²) in [5.74, 6) is 0. The Morgan fingerprint density at radius 2 is 2.06 bits per heavy atom. The van der Waals surface area contributed by atoms with Crippen molar-refractivity contribution in [1.82, 2.24) is 10.2 Å². The van der Waals surface area contributed by atoms with E-state index in [4.69, 9.17) is 4.74 Å². The van der Waals surface area contributed by atoms with Gasteiger partial charge in [0, 0.05) is 32.8 Å². The van der Waals surface area contributed by atoms with Gasteiger partial charge in [0.2, 0.25) is 0 Å². The van der Waals surface area contributed by atoms with Gasteiger partial charge >= 0.3 is 0 Å². The van der Waals surface area contributed by atoms with Crippen molar-refractivity contribution >= 4 is 0 Å². The number of ether oxygens (including phenoxy) is 1. The quantitative estimate of drug-likeness (QED) is 0.767. The Morgan fingerprint density at radius 1 is 1.29 bits per heavy atom. The van der Waals surface area contributed by atoms with Crippen molar-refractivity contribution in [3.63, 3.8) is 0 Å². The van der Waals surface area contributed by atoms with Gasteiger partial charge in [0.25, 0.3) is 0 Å². The van der Waals surface area contributed by atoms with E-state index in [-0.39, 0.29) is 0 Å². The fourth-order valence-corrected chi connectivity index (χ4v) is 2.72. The van der Waals surface area contributed by atoms with E-state index >= 15 is 0 Å². The first-order valence-corrected chi connectivity index (χ1v) is 7.07. The van der Waals surface area contributed by atoms with Gasteiger partial charge in [-0.05, 0) is 37.6 Å². The van der Waals surface area contributed by atoms with E-state index in [2.05, 4.69) is 24.1 Å². The third-order valence-electron chi connectivity index (χ3n) is 3.89. The zero-order valence-corrected chi connectivity index (χ0v) is 11.7. The first-order valence-electron chi connectivity index (χ1n) is 7.07. The molecule has 1 saturated heterocycles. The van der Waals surface area contributed by atoms with Gasteiger partial charge in [-0.1, -0.05) is 13.8 Å². The lowest BCUT2D eigenvalue weighted by Gasteiger charge is -2.37. The van der Waals surface area contributed by atoms with Crippen LogP contribution in [-0.2, 0) is 4.74 Å². The Morgan fingerprint density at radius 3 is 2.71 bits per heavy atom. The van der Waals surface area contributed by atoms with E-state index in [0.717, 1.165) is 19.1 Å². The Balaban J connectivity index is 1.73. The molecule has 17 heavy (non-hydrogen) atoms. The lowest BCUT2D eigenvalue weighted by atomic mass is 9.91. The van der Waals surface area contributed by atoms with Crippen LogP contribution >= 0.6 is 0 Å². The molecule has 1 aliphatic carbocycles. The molecule has 1 saturated carbocycles. The van der Waals surface area contributed by atoms with Crippen LogP contribution in [0.1, 0.15) is 39.5 Å². The lowest BCUT2D eigenvalue weighted by molar-refractivity contribution is 0.0184. The molecule has 0 aromatic rings. The number of piperidine rings is 1. The molecule has 0 bridgehead atoms. The van der Waals surface area contributed by atoms with Gasteiger partial charge in [0.15, 0.2) is 0 Å². The van der Waals surface area contributed by atoms with Crippen molar-refractivity contribution in [2.75, 3.05) is 33.3 Å². The normalized spacial score (nSPS) is 27.4. The molecule has 1 aliphatic heterocycles. The number of hydrogen-bond donors (Lipinski definition) is 1. The summed E-state index contributed by atoms with van der Waals surface area (Å²) in [6, 6.07) is 0.822. The lowest BCUT2D eigenvalue weighted by Crippen LogP contribution is -2.46. The molecule has 2 rings (SSSR count). The highest BCUT2D eigenvalue weighted by atomic mass is 16.5. The van der Waals surface area contributed by atoms with Gasteiger partial charge in [0.1, 0.15) is 0 Å². The van der Waals surface area contributed by atoms with Gasteiger partial charge in [-0.15, -0.1) is 0 Å². The van der Waals surface area contributed by atoms with Crippen LogP contribution in [0.4, 0.5) is 0 Å². The van der Waals surface area contributed by atoms with Crippen LogP contribution in [0.2, 0.25) is 0 Å². The van der Waals surface area contributed by atoms with Crippen LogP contribution in [-0.4, -0.2) is 50.3 Å². The van der Waals surface area contributed by atoms with Crippen LogP contribution in [0.15, 0.2) is 0 Å². The van der Waals surface area contributed by atoms with Gasteiger partial charge < -0.3 is 15.0 Å². The molecule has 1 heterocycles. The smallest absolute Gasteiger partial charge is 0.0698 e. The first kappa shape index (κ1) is 13.3. The maximum atomic E-state index is 5.49. The van der Waals surface area contributed by atoms with Crippen LogP contribution in [0.3, 0.4) is 0 Å². The summed E-state index contributed by atoms with van der Waals surface area (Å²) in [4.78, 5) is 2.58. The van der Waals surface area contributed by atoms with E-state index in [1.807, 2.05) is 7.11 Å². The minimum Gasteiger partial charge on any atom is -0.380 e. The third-order valence-corrected chi connectivity index (χ3v) is 3.89. The number of methoxy groups -OCH3 is 1. The monoisotopic (exact) mass is 240 g/mol. The van der Waals surface area contributed by atoms with Crippen molar-refractivity contribution in [3.8, 4) is 0 Å². The summed E-state index contributed by atoms with van der Waals surface area (Å²) in [5.41, 5.74) is 0.373. The van der Waals surface area contributed by atoms with E-state index in [9.17, 15) is 0 Å². The fraction of sp³-hybridized carbons (Fsp3) is 1.00. The van der Waals surface area contributed by atoms with Gasteiger partial charge in [-0.25, -0.2) is 0 Å². The summed E-state index contributed by atoms with van der Waals surface area (Å²) in [6.07, 6.45) is 5.73. The Kier molecular flexibility index (Phi) is 4.45. The molecule has 2 aliphatic rings. The second-order valence-electron chi connectivity index (χ2n) is 6.55. The van der Waals surface area contributed by atoms with Crippen LogP contribution in [0.25, 0.3) is 0 Å². The predicted molar refractivity (Wildman–Crippen MR) is 71.3 cm³/mol. The molecule has 0 amide bonds. The second-order valence-corrected chi connectivity index (χ2v) is 6.55.